The van der Waals surface area contributed by atoms with Crippen molar-refractivity contribution in [3.8, 4) is 0 Å². The summed E-state index contributed by atoms with van der Waals surface area (Å²) in [6, 6.07) is 0. The van der Waals surface area contributed by atoms with Crippen LogP contribution < -0.4 is 5.32 Å². The Morgan fingerprint density at radius 2 is 2.23 bits per heavy atom. The van der Waals surface area contributed by atoms with Crippen LogP contribution in [-0.2, 0) is 4.79 Å². The zero-order valence-electron chi connectivity index (χ0n) is 8.42. The van der Waals surface area contributed by atoms with Crippen molar-refractivity contribution in [2.75, 3.05) is 6.61 Å². The summed E-state index contributed by atoms with van der Waals surface area (Å²) in [6.45, 7) is 5.90. The number of rotatable bonds is 3. The van der Waals surface area contributed by atoms with Crippen molar-refractivity contribution < 1.29 is 9.90 Å². The number of amides is 1. The van der Waals surface area contributed by atoms with Gasteiger partial charge in [-0.05, 0) is 25.3 Å². The zero-order chi connectivity index (χ0) is 10.1. The molecule has 13 heavy (non-hydrogen) atoms. The molecule has 1 heterocycles. The van der Waals surface area contributed by atoms with Crippen LogP contribution in [0.15, 0.2) is 11.6 Å². The fourth-order valence-corrected chi connectivity index (χ4v) is 1.83. The molecule has 74 valence electrons. The number of hydrogen-bond acceptors (Lipinski definition) is 2. The minimum Gasteiger partial charge on any atom is -0.394 e. The lowest BCUT2D eigenvalue weighted by Gasteiger charge is -2.27. The molecule has 1 amide bonds. The van der Waals surface area contributed by atoms with Crippen molar-refractivity contribution in [3.05, 3.63) is 11.6 Å². The molecular formula is C10H17NO2. The first-order valence-electron chi connectivity index (χ1n) is 4.62. The maximum absolute atomic E-state index is 11.2. The van der Waals surface area contributed by atoms with E-state index < -0.39 is 5.54 Å². The predicted molar refractivity (Wildman–Crippen MR) is 51.2 cm³/mol. The largest absolute Gasteiger partial charge is 0.394 e. The van der Waals surface area contributed by atoms with E-state index in [4.69, 9.17) is 0 Å². The van der Waals surface area contributed by atoms with Crippen molar-refractivity contribution >= 4 is 5.91 Å². The topological polar surface area (TPSA) is 49.3 Å². The molecule has 1 aliphatic rings. The Balaban J connectivity index is 2.79. The van der Waals surface area contributed by atoms with Gasteiger partial charge in [0, 0.05) is 5.57 Å². The molecule has 0 aromatic rings. The Bertz CT molecular complexity index is 245. The average Bonchev–Trinajstić information content (AvgIpc) is 2.27. The molecule has 0 bridgehead atoms. The van der Waals surface area contributed by atoms with Gasteiger partial charge in [0.15, 0.2) is 0 Å². The third-order valence-corrected chi connectivity index (χ3v) is 2.27. The van der Waals surface area contributed by atoms with E-state index >= 15 is 0 Å². The van der Waals surface area contributed by atoms with Gasteiger partial charge >= 0.3 is 0 Å². The highest BCUT2D eigenvalue weighted by molar-refractivity contribution is 5.96. The van der Waals surface area contributed by atoms with Crippen LogP contribution in [0, 0.1) is 5.92 Å². The van der Waals surface area contributed by atoms with Gasteiger partial charge < -0.3 is 10.4 Å². The second kappa shape index (κ2) is 3.50. The normalized spacial score (nSPS) is 27.8. The zero-order valence-corrected chi connectivity index (χ0v) is 8.42. The average molecular weight is 183 g/mol. The van der Waals surface area contributed by atoms with Gasteiger partial charge in [0.1, 0.15) is 0 Å². The van der Waals surface area contributed by atoms with E-state index in [0.717, 1.165) is 6.42 Å². The van der Waals surface area contributed by atoms with E-state index in [-0.39, 0.29) is 12.5 Å². The Kier molecular flexibility index (Phi) is 2.76. The van der Waals surface area contributed by atoms with Gasteiger partial charge in [0.2, 0.25) is 5.91 Å². The van der Waals surface area contributed by atoms with Crippen LogP contribution in [0.1, 0.15) is 27.2 Å². The van der Waals surface area contributed by atoms with Gasteiger partial charge in [-0.1, -0.05) is 13.8 Å². The van der Waals surface area contributed by atoms with Crippen molar-refractivity contribution in [1.29, 1.82) is 0 Å². The Labute approximate surface area is 78.8 Å². The van der Waals surface area contributed by atoms with Crippen LogP contribution in [0.25, 0.3) is 0 Å². The van der Waals surface area contributed by atoms with Crippen LogP contribution in [0.3, 0.4) is 0 Å². The highest BCUT2D eigenvalue weighted by atomic mass is 16.3. The molecule has 1 atom stereocenters. The maximum atomic E-state index is 11.2. The highest BCUT2D eigenvalue weighted by Gasteiger charge is 2.35. The predicted octanol–water partition coefficient (Wildman–Crippen LogP) is 0.840. The van der Waals surface area contributed by atoms with E-state index in [2.05, 4.69) is 19.2 Å². The van der Waals surface area contributed by atoms with E-state index in [0.29, 0.717) is 11.5 Å². The molecular weight excluding hydrogens is 166 g/mol. The van der Waals surface area contributed by atoms with Gasteiger partial charge in [-0.3, -0.25) is 4.79 Å². The molecule has 0 aromatic carbocycles. The number of aliphatic hydroxyl groups is 1. The molecule has 3 heteroatoms. The summed E-state index contributed by atoms with van der Waals surface area (Å²) < 4.78 is 0. The van der Waals surface area contributed by atoms with Crippen molar-refractivity contribution in [3.63, 3.8) is 0 Å². The minimum absolute atomic E-state index is 0.0196. The number of carbonyl (C=O) groups excluding carboxylic acids is 1. The van der Waals surface area contributed by atoms with Crippen LogP contribution >= 0.6 is 0 Å². The standard InChI is InChI=1S/C10H17NO2/c1-7(2)4-10(6-12)5-8(3)9(13)11-10/h5,7,12H,4,6H2,1-3H3,(H,11,13)/t10-/m1/s1. The molecule has 0 unspecified atom stereocenters. The molecule has 0 fully saturated rings. The lowest BCUT2D eigenvalue weighted by Crippen LogP contribution is -2.46. The van der Waals surface area contributed by atoms with E-state index in [9.17, 15) is 9.90 Å². The SMILES string of the molecule is CC1=C[C@@](CO)(CC(C)C)NC1=O. The Morgan fingerprint density at radius 1 is 1.62 bits per heavy atom. The number of aliphatic hydroxyl groups excluding tert-OH is 1. The number of hydrogen-bond donors (Lipinski definition) is 2. The molecule has 0 aliphatic carbocycles. The summed E-state index contributed by atoms with van der Waals surface area (Å²) in [7, 11) is 0. The van der Waals surface area contributed by atoms with Gasteiger partial charge in [-0.15, -0.1) is 0 Å². The fraction of sp³-hybridized carbons (Fsp3) is 0.700. The third kappa shape index (κ3) is 2.10. The quantitative estimate of drug-likeness (QED) is 0.681. The van der Waals surface area contributed by atoms with Gasteiger partial charge in [-0.2, -0.15) is 0 Å². The van der Waals surface area contributed by atoms with Crippen molar-refractivity contribution in [2.24, 2.45) is 5.92 Å². The van der Waals surface area contributed by atoms with Crippen molar-refractivity contribution in [2.45, 2.75) is 32.7 Å². The van der Waals surface area contributed by atoms with E-state index in [1.54, 1.807) is 6.92 Å². The number of nitrogens with one attached hydrogen (secondary N) is 1. The first-order chi connectivity index (χ1) is 5.99. The van der Waals surface area contributed by atoms with E-state index in [1.807, 2.05) is 6.08 Å². The van der Waals surface area contributed by atoms with E-state index in [1.165, 1.54) is 0 Å². The summed E-state index contributed by atoms with van der Waals surface area (Å²) in [6.07, 6.45) is 2.63. The van der Waals surface area contributed by atoms with Crippen LogP contribution in [-0.4, -0.2) is 23.2 Å². The molecule has 0 radical (unpaired) electrons. The van der Waals surface area contributed by atoms with Crippen LogP contribution in [0.4, 0.5) is 0 Å². The molecule has 2 N–H and O–H groups in total. The smallest absolute Gasteiger partial charge is 0.247 e. The van der Waals surface area contributed by atoms with Crippen LogP contribution in [0.5, 0.6) is 0 Å². The fourth-order valence-electron chi connectivity index (χ4n) is 1.83. The lowest BCUT2D eigenvalue weighted by molar-refractivity contribution is -0.118. The molecule has 0 aromatic heterocycles. The maximum Gasteiger partial charge on any atom is 0.247 e. The Morgan fingerprint density at radius 3 is 2.54 bits per heavy atom. The molecule has 1 rings (SSSR count). The summed E-state index contributed by atoms with van der Waals surface area (Å²) in [5.74, 6) is 0.393. The highest BCUT2D eigenvalue weighted by Crippen LogP contribution is 2.24. The Hall–Kier alpha value is -0.830. The molecule has 0 saturated carbocycles. The van der Waals surface area contributed by atoms with Crippen LogP contribution in [0.2, 0.25) is 0 Å². The van der Waals surface area contributed by atoms with Gasteiger partial charge in [0.25, 0.3) is 0 Å². The first kappa shape index (κ1) is 10.3. The molecule has 0 saturated heterocycles. The first-order valence-corrected chi connectivity index (χ1v) is 4.62. The summed E-state index contributed by atoms with van der Waals surface area (Å²) >= 11 is 0. The monoisotopic (exact) mass is 183 g/mol. The lowest BCUT2D eigenvalue weighted by atomic mass is 9.90. The summed E-state index contributed by atoms with van der Waals surface area (Å²) in [4.78, 5) is 11.2. The molecule has 1 aliphatic heterocycles. The minimum atomic E-state index is -0.505. The summed E-state index contributed by atoms with van der Waals surface area (Å²) in [5, 5.41) is 12.1. The molecule has 0 spiro atoms. The van der Waals surface area contributed by atoms with Crippen molar-refractivity contribution in [1.82, 2.24) is 5.32 Å². The second-order valence-electron chi connectivity index (χ2n) is 4.19. The van der Waals surface area contributed by atoms with Gasteiger partial charge in [0.05, 0.1) is 12.1 Å². The molecule has 3 nitrogen and oxygen atoms in total. The number of carbonyl (C=O) groups is 1. The second-order valence-corrected chi connectivity index (χ2v) is 4.19. The van der Waals surface area contributed by atoms with Gasteiger partial charge in [-0.25, -0.2) is 0 Å². The third-order valence-electron chi connectivity index (χ3n) is 2.27. The summed E-state index contributed by atoms with van der Waals surface area (Å²) in [5.41, 5.74) is 0.199.